The molecule has 2 rings (SSSR count). The van der Waals surface area contributed by atoms with Crippen molar-refractivity contribution >= 4 is 17.3 Å². The summed E-state index contributed by atoms with van der Waals surface area (Å²) < 4.78 is 19.4. The first-order chi connectivity index (χ1) is 16.8. The van der Waals surface area contributed by atoms with E-state index in [0.717, 1.165) is 17.3 Å². The molecular formula is C27H34FN5O2. The number of benzene rings is 2. The van der Waals surface area contributed by atoms with Crippen molar-refractivity contribution in [2.24, 2.45) is 16.5 Å². The van der Waals surface area contributed by atoms with E-state index in [1.165, 1.54) is 25.7 Å². The Morgan fingerprint density at radius 1 is 1.23 bits per heavy atom. The van der Waals surface area contributed by atoms with E-state index < -0.39 is 11.7 Å². The first-order valence-electron chi connectivity index (χ1n) is 11.2. The second-order valence-electron chi connectivity index (χ2n) is 7.65. The molecule has 2 aromatic carbocycles. The summed E-state index contributed by atoms with van der Waals surface area (Å²) in [5.41, 5.74) is 14.6. The summed E-state index contributed by atoms with van der Waals surface area (Å²) in [5, 5.41) is 11.4. The molecule has 0 aliphatic rings. The quantitative estimate of drug-likeness (QED) is 0.351. The minimum absolute atomic E-state index is 0.0417. The molecule has 8 heteroatoms. The van der Waals surface area contributed by atoms with E-state index in [9.17, 15) is 9.18 Å². The topological polar surface area (TPSA) is 127 Å². The van der Waals surface area contributed by atoms with Crippen LogP contribution in [0.25, 0.3) is 5.70 Å². The standard InChI is InChI=1S/C24H26FN5O2.C3H8/c1-16(28)19-7-8-20(22(25)11-19)14-30-24(31)21(12-27)23(15-32-2)29-13-18-5-3-17(4-6-18)9-10-26;1-3-2/h3-8,11-12H,1,9,13-15,27-28H2,2H3,(H,30,31);3H2,1-2H3/b21-12+,29-23?;. The van der Waals surface area contributed by atoms with Gasteiger partial charge in [-0.3, -0.25) is 9.79 Å². The molecule has 0 saturated heterocycles. The number of hydrogen-bond acceptors (Lipinski definition) is 6. The highest BCUT2D eigenvalue weighted by atomic mass is 19.1. The number of ether oxygens (including phenoxy) is 1. The van der Waals surface area contributed by atoms with Crippen LogP contribution in [-0.2, 0) is 29.0 Å². The minimum atomic E-state index is -0.502. The van der Waals surface area contributed by atoms with E-state index in [1.54, 1.807) is 6.07 Å². The van der Waals surface area contributed by atoms with Gasteiger partial charge in [0.05, 0.1) is 36.9 Å². The number of rotatable bonds is 10. The van der Waals surface area contributed by atoms with E-state index in [2.05, 4.69) is 36.8 Å². The first kappa shape index (κ1) is 29.1. The van der Waals surface area contributed by atoms with Crippen LogP contribution in [0.5, 0.6) is 0 Å². The monoisotopic (exact) mass is 479 g/mol. The molecule has 0 aromatic heterocycles. The number of nitrogens with zero attached hydrogens (tertiary/aromatic N) is 2. The molecule has 0 atom stereocenters. The molecule has 186 valence electrons. The summed E-state index contributed by atoms with van der Waals surface area (Å²) in [4.78, 5) is 17.2. The summed E-state index contributed by atoms with van der Waals surface area (Å²) in [6.07, 6.45) is 2.74. The highest BCUT2D eigenvalue weighted by Gasteiger charge is 2.16. The zero-order valence-corrected chi connectivity index (χ0v) is 20.6. The molecule has 0 spiro atoms. The van der Waals surface area contributed by atoms with Gasteiger partial charge in [-0.1, -0.05) is 63.2 Å². The first-order valence-corrected chi connectivity index (χ1v) is 11.2. The molecule has 5 N–H and O–H groups in total. The molecule has 0 unspecified atom stereocenters. The lowest BCUT2D eigenvalue weighted by Crippen LogP contribution is -2.30. The molecule has 0 aliphatic heterocycles. The molecule has 2 aromatic rings. The number of aliphatic imine (C=N–C) groups is 1. The fourth-order valence-electron chi connectivity index (χ4n) is 2.85. The third-order valence-electron chi connectivity index (χ3n) is 4.63. The van der Waals surface area contributed by atoms with Gasteiger partial charge in [0.1, 0.15) is 5.82 Å². The molecule has 7 nitrogen and oxygen atoms in total. The van der Waals surface area contributed by atoms with E-state index in [1.807, 2.05) is 24.3 Å². The Balaban J connectivity index is 0.00000194. The molecule has 35 heavy (non-hydrogen) atoms. The maximum absolute atomic E-state index is 14.3. The average molecular weight is 480 g/mol. The van der Waals surface area contributed by atoms with E-state index in [-0.39, 0.29) is 24.4 Å². The van der Waals surface area contributed by atoms with Crippen LogP contribution in [0.15, 0.2) is 65.8 Å². The molecule has 1 amide bonds. The van der Waals surface area contributed by atoms with Gasteiger partial charge in [0.25, 0.3) is 5.91 Å². The van der Waals surface area contributed by atoms with Gasteiger partial charge >= 0.3 is 0 Å². The van der Waals surface area contributed by atoms with Crippen LogP contribution in [0.3, 0.4) is 0 Å². The molecule has 0 radical (unpaired) electrons. The molecule has 0 fully saturated rings. The largest absolute Gasteiger partial charge is 0.404 e. The number of amides is 1. The summed E-state index contributed by atoms with van der Waals surface area (Å²) in [7, 11) is 1.49. The second kappa shape index (κ2) is 15.8. The fraction of sp³-hybridized carbons (Fsp3) is 0.296. The van der Waals surface area contributed by atoms with Crippen molar-refractivity contribution in [3.8, 4) is 6.07 Å². The van der Waals surface area contributed by atoms with Crippen molar-refractivity contribution in [1.29, 1.82) is 5.26 Å². The van der Waals surface area contributed by atoms with Crippen molar-refractivity contribution in [3.05, 3.63) is 88.9 Å². The van der Waals surface area contributed by atoms with E-state index in [0.29, 0.717) is 29.8 Å². The van der Waals surface area contributed by atoms with Crippen molar-refractivity contribution in [3.63, 3.8) is 0 Å². The normalized spacial score (nSPS) is 11.2. The van der Waals surface area contributed by atoms with Crippen molar-refractivity contribution in [2.75, 3.05) is 13.7 Å². The summed E-state index contributed by atoms with van der Waals surface area (Å²) in [6.45, 7) is 8.16. The van der Waals surface area contributed by atoms with Crippen LogP contribution < -0.4 is 16.8 Å². The number of carbonyl (C=O) groups excluding carboxylic acids is 1. The number of nitrogens with one attached hydrogen (secondary N) is 1. The van der Waals surface area contributed by atoms with Gasteiger partial charge in [-0.2, -0.15) is 5.26 Å². The zero-order chi connectivity index (χ0) is 26.2. The molecule has 0 heterocycles. The van der Waals surface area contributed by atoms with Gasteiger partial charge in [-0.15, -0.1) is 0 Å². The van der Waals surface area contributed by atoms with E-state index in [4.69, 9.17) is 21.5 Å². The van der Waals surface area contributed by atoms with Crippen LogP contribution in [0.4, 0.5) is 4.39 Å². The Morgan fingerprint density at radius 2 is 1.86 bits per heavy atom. The Bertz CT molecular complexity index is 1090. The summed E-state index contributed by atoms with van der Waals surface area (Å²) >= 11 is 0. The minimum Gasteiger partial charge on any atom is -0.404 e. The van der Waals surface area contributed by atoms with Crippen LogP contribution in [0, 0.1) is 17.1 Å². The lowest BCUT2D eigenvalue weighted by Gasteiger charge is -2.12. The Hall–Kier alpha value is -3.96. The van der Waals surface area contributed by atoms with Gasteiger partial charge in [0.2, 0.25) is 0 Å². The Kier molecular flexibility index (Phi) is 13.1. The third kappa shape index (κ3) is 9.82. The van der Waals surface area contributed by atoms with Crippen LogP contribution in [0.2, 0.25) is 0 Å². The predicted octanol–water partition coefficient (Wildman–Crippen LogP) is 3.98. The maximum atomic E-state index is 14.3. The summed E-state index contributed by atoms with van der Waals surface area (Å²) in [6, 6.07) is 14.0. The van der Waals surface area contributed by atoms with Crippen molar-refractivity contribution in [1.82, 2.24) is 5.32 Å². The van der Waals surface area contributed by atoms with Gasteiger partial charge in [0, 0.05) is 31.1 Å². The highest BCUT2D eigenvalue weighted by molar-refractivity contribution is 6.22. The van der Waals surface area contributed by atoms with Crippen LogP contribution in [0.1, 0.15) is 42.5 Å². The lowest BCUT2D eigenvalue weighted by atomic mass is 10.1. The third-order valence-corrected chi connectivity index (χ3v) is 4.63. The smallest absolute Gasteiger partial charge is 0.254 e. The average Bonchev–Trinajstić information content (AvgIpc) is 2.83. The molecule has 0 aliphatic carbocycles. The number of methoxy groups -OCH3 is 1. The number of nitrogens with two attached hydrogens (primary N) is 2. The van der Waals surface area contributed by atoms with Crippen LogP contribution in [-0.4, -0.2) is 25.3 Å². The van der Waals surface area contributed by atoms with E-state index >= 15 is 0 Å². The van der Waals surface area contributed by atoms with Crippen molar-refractivity contribution in [2.45, 2.75) is 39.8 Å². The van der Waals surface area contributed by atoms with Gasteiger partial charge in [-0.05, 0) is 22.8 Å². The predicted molar refractivity (Wildman–Crippen MR) is 138 cm³/mol. The SMILES string of the molecule is C=C(N)c1ccc(CNC(=O)/C(=C/N)C(COC)=NCc2ccc(CC#N)cc2)c(F)c1.CCC. The number of carbonyl (C=O) groups is 1. The number of hydrogen-bond donors (Lipinski definition) is 3. The maximum Gasteiger partial charge on any atom is 0.254 e. The van der Waals surface area contributed by atoms with Gasteiger partial charge in [0.15, 0.2) is 0 Å². The Morgan fingerprint density at radius 3 is 2.37 bits per heavy atom. The molecule has 0 saturated carbocycles. The number of nitriles is 1. The van der Waals surface area contributed by atoms with Crippen LogP contribution >= 0.6 is 0 Å². The Labute approximate surface area is 207 Å². The summed E-state index contributed by atoms with van der Waals surface area (Å²) in [5.74, 6) is -1.00. The second-order valence-corrected chi connectivity index (χ2v) is 7.65. The van der Waals surface area contributed by atoms with Crippen molar-refractivity contribution < 1.29 is 13.9 Å². The lowest BCUT2D eigenvalue weighted by molar-refractivity contribution is -0.117. The zero-order valence-electron chi connectivity index (χ0n) is 20.6. The fourth-order valence-corrected chi connectivity index (χ4v) is 2.85. The van der Waals surface area contributed by atoms with Gasteiger partial charge < -0.3 is 21.5 Å². The highest BCUT2D eigenvalue weighted by Crippen LogP contribution is 2.14. The molecule has 0 bridgehead atoms. The molecular weight excluding hydrogens is 445 g/mol. The number of halogens is 1. The van der Waals surface area contributed by atoms with Gasteiger partial charge in [-0.25, -0.2) is 4.39 Å².